The summed E-state index contributed by atoms with van der Waals surface area (Å²) in [6.07, 6.45) is 4.20. The number of benzene rings is 1. The van der Waals surface area contributed by atoms with Crippen molar-refractivity contribution in [1.29, 1.82) is 0 Å². The van der Waals surface area contributed by atoms with Gasteiger partial charge in [0, 0.05) is 28.4 Å². The van der Waals surface area contributed by atoms with Crippen LogP contribution in [0.1, 0.15) is 32.3 Å². The van der Waals surface area contributed by atoms with Crippen LogP contribution in [0.15, 0.2) is 18.2 Å². The van der Waals surface area contributed by atoms with E-state index < -0.39 is 6.61 Å². The molecule has 0 aliphatic heterocycles. The summed E-state index contributed by atoms with van der Waals surface area (Å²) in [5.41, 5.74) is 0.644. The highest BCUT2D eigenvalue weighted by Gasteiger charge is 2.24. The topological polar surface area (TPSA) is 21.3 Å². The van der Waals surface area contributed by atoms with Crippen molar-refractivity contribution < 1.29 is 13.5 Å². The van der Waals surface area contributed by atoms with Crippen LogP contribution in [0.25, 0.3) is 0 Å². The zero-order valence-electron chi connectivity index (χ0n) is 12.6. The third-order valence-electron chi connectivity index (χ3n) is 3.72. The highest BCUT2D eigenvalue weighted by atomic mass is 35.5. The average Bonchev–Trinajstić information content (AvgIpc) is 2.46. The smallest absolute Gasteiger partial charge is 0.387 e. The quantitative estimate of drug-likeness (QED) is 0.688. The fourth-order valence-electron chi connectivity index (χ4n) is 2.18. The van der Waals surface area contributed by atoms with Gasteiger partial charge in [-0.25, -0.2) is 0 Å². The molecule has 0 aliphatic rings. The van der Waals surface area contributed by atoms with Gasteiger partial charge in [-0.2, -0.15) is 20.5 Å². The van der Waals surface area contributed by atoms with Crippen LogP contribution >= 0.6 is 23.4 Å². The van der Waals surface area contributed by atoms with E-state index in [1.165, 1.54) is 6.07 Å². The fourth-order valence-corrected chi connectivity index (χ4v) is 3.20. The third kappa shape index (κ3) is 5.64. The van der Waals surface area contributed by atoms with E-state index in [0.717, 1.165) is 19.4 Å². The van der Waals surface area contributed by atoms with Crippen molar-refractivity contribution in [2.75, 3.05) is 12.8 Å². The lowest BCUT2D eigenvalue weighted by Crippen LogP contribution is -2.36. The fraction of sp³-hybridized carbons (Fsp3) is 0.600. The molecule has 1 N–H and O–H groups in total. The number of alkyl halides is 2. The summed E-state index contributed by atoms with van der Waals surface area (Å²) in [6, 6.07) is 4.69. The maximum absolute atomic E-state index is 12.4. The number of nitrogens with one attached hydrogen (secondary N) is 1. The van der Waals surface area contributed by atoms with Gasteiger partial charge >= 0.3 is 6.61 Å². The van der Waals surface area contributed by atoms with E-state index in [-0.39, 0.29) is 10.5 Å². The van der Waals surface area contributed by atoms with E-state index in [4.69, 9.17) is 11.6 Å². The van der Waals surface area contributed by atoms with E-state index in [1.54, 1.807) is 12.1 Å². The summed E-state index contributed by atoms with van der Waals surface area (Å²) in [6.45, 7) is 2.74. The van der Waals surface area contributed by atoms with Crippen molar-refractivity contribution in [2.45, 2.75) is 44.6 Å². The van der Waals surface area contributed by atoms with E-state index in [9.17, 15) is 8.78 Å². The molecular formula is C15H22ClF2NOS. The van der Waals surface area contributed by atoms with Gasteiger partial charge in [0.25, 0.3) is 0 Å². The second-order valence-corrected chi connectivity index (χ2v) is 6.54. The molecule has 0 amide bonds. The van der Waals surface area contributed by atoms with Crippen LogP contribution in [0.5, 0.6) is 5.75 Å². The number of hydrogen-bond acceptors (Lipinski definition) is 3. The summed E-state index contributed by atoms with van der Waals surface area (Å²) in [5, 5.41) is 3.84. The van der Waals surface area contributed by atoms with Crippen LogP contribution < -0.4 is 10.1 Å². The Kier molecular flexibility index (Phi) is 7.77. The molecule has 0 spiro atoms. The van der Waals surface area contributed by atoms with Crippen molar-refractivity contribution >= 4 is 23.4 Å². The molecule has 0 aromatic heterocycles. The van der Waals surface area contributed by atoms with Crippen molar-refractivity contribution in [1.82, 2.24) is 5.32 Å². The van der Waals surface area contributed by atoms with Crippen LogP contribution in [0.4, 0.5) is 8.78 Å². The molecule has 1 rings (SSSR count). The van der Waals surface area contributed by atoms with Crippen LogP contribution in [0.3, 0.4) is 0 Å². The van der Waals surface area contributed by atoms with Gasteiger partial charge in [0.15, 0.2) is 0 Å². The number of rotatable bonds is 9. The second-order valence-electron chi connectivity index (χ2n) is 4.83. The number of halogens is 3. The molecule has 0 radical (unpaired) electrons. The van der Waals surface area contributed by atoms with Gasteiger partial charge in [-0.05, 0) is 37.3 Å². The van der Waals surface area contributed by atoms with Gasteiger partial charge in [0.1, 0.15) is 5.75 Å². The van der Waals surface area contributed by atoms with Crippen molar-refractivity contribution in [2.24, 2.45) is 0 Å². The Morgan fingerprint density at radius 1 is 1.33 bits per heavy atom. The molecule has 6 heteroatoms. The molecule has 0 saturated carbocycles. The van der Waals surface area contributed by atoms with Gasteiger partial charge in [-0.3, -0.25) is 0 Å². The molecule has 2 nitrogen and oxygen atoms in total. The normalized spacial score (nSPS) is 12.0. The largest absolute Gasteiger partial charge is 0.434 e. The monoisotopic (exact) mass is 337 g/mol. The number of thioether (sulfide) groups is 1. The molecule has 0 atom stereocenters. The molecule has 0 fully saturated rings. The van der Waals surface area contributed by atoms with Gasteiger partial charge in [-0.1, -0.05) is 25.4 Å². The minimum absolute atomic E-state index is 0.169. The number of ether oxygens (including phenoxy) is 1. The molecule has 0 bridgehead atoms. The average molecular weight is 338 g/mol. The van der Waals surface area contributed by atoms with E-state index in [2.05, 4.69) is 30.2 Å². The maximum atomic E-state index is 12.4. The summed E-state index contributed by atoms with van der Waals surface area (Å²) in [7, 11) is 0. The second kappa shape index (κ2) is 8.81. The first-order valence-electron chi connectivity index (χ1n) is 6.95. The summed E-state index contributed by atoms with van der Waals surface area (Å²) >= 11 is 7.76. The SMILES string of the molecule is CCC(CC)(CNCc1cc(Cl)ccc1OC(F)F)SC. The molecule has 1 aromatic carbocycles. The molecule has 0 unspecified atom stereocenters. The predicted octanol–water partition coefficient (Wildman–Crippen LogP) is 4.95. The third-order valence-corrected chi connectivity index (χ3v) is 5.55. The minimum atomic E-state index is -2.83. The molecular weight excluding hydrogens is 316 g/mol. The van der Waals surface area contributed by atoms with E-state index in [0.29, 0.717) is 17.1 Å². The maximum Gasteiger partial charge on any atom is 0.387 e. The molecule has 120 valence electrons. The Morgan fingerprint density at radius 2 is 2.00 bits per heavy atom. The summed E-state index contributed by atoms with van der Waals surface area (Å²) < 4.78 is 29.5. The lowest BCUT2D eigenvalue weighted by molar-refractivity contribution is -0.0505. The first-order valence-corrected chi connectivity index (χ1v) is 8.55. The zero-order valence-corrected chi connectivity index (χ0v) is 14.2. The lowest BCUT2D eigenvalue weighted by Gasteiger charge is -2.30. The van der Waals surface area contributed by atoms with Gasteiger partial charge in [0.05, 0.1) is 0 Å². The van der Waals surface area contributed by atoms with Gasteiger partial charge in [-0.15, -0.1) is 0 Å². The van der Waals surface area contributed by atoms with E-state index >= 15 is 0 Å². The Balaban J connectivity index is 2.72. The summed E-state index contributed by atoms with van der Waals surface area (Å²) in [4.78, 5) is 0. The minimum Gasteiger partial charge on any atom is -0.434 e. The zero-order chi connectivity index (χ0) is 15.9. The lowest BCUT2D eigenvalue weighted by atomic mass is 10.0. The Labute approximate surface area is 134 Å². The molecule has 21 heavy (non-hydrogen) atoms. The molecule has 1 aromatic rings. The Bertz CT molecular complexity index is 433. The van der Waals surface area contributed by atoms with Crippen molar-refractivity contribution in [3.05, 3.63) is 28.8 Å². The van der Waals surface area contributed by atoms with Crippen LogP contribution in [-0.4, -0.2) is 24.2 Å². The molecule has 0 saturated heterocycles. The first-order chi connectivity index (χ1) is 9.96. The van der Waals surface area contributed by atoms with Crippen LogP contribution in [0, 0.1) is 0 Å². The van der Waals surface area contributed by atoms with Gasteiger partial charge in [0.2, 0.25) is 0 Å². The standard InChI is InChI=1S/C15H22ClF2NOS/c1-4-15(5-2,21-3)10-19-9-11-8-12(16)6-7-13(11)20-14(17)18/h6-8,14,19H,4-5,9-10H2,1-3H3. The number of hydrogen-bond donors (Lipinski definition) is 1. The van der Waals surface area contributed by atoms with E-state index in [1.807, 2.05) is 11.8 Å². The van der Waals surface area contributed by atoms with Crippen molar-refractivity contribution in [3.63, 3.8) is 0 Å². The highest BCUT2D eigenvalue weighted by molar-refractivity contribution is 8.00. The Morgan fingerprint density at radius 3 is 2.52 bits per heavy atom. The van der Waals surface area contributed by atoms with Crippen LogP contribution in [0.2, 0.25) is 5.02 Å². The molecule has 0 aliphatic carbocycles. The summed E-state index contributed by atoms with van der Waals surface area (Å²) in [5.74, 6) is 0.171. The molecule has 0 heterocycles. The van der Waals surface area contributed by atoms with Gasteiger partial charge < -0.3 is 10.1 Å². The highest BCUT2D eigenvalue weighted by Crippen LogP contribution is 2.30. The van der Waals surface area contributed by atoms with Crippen LogP contribution in [-0.2, 0) is 6.54 Å². The van der Waals surface area contributed by atoms with Crippen molar-refractivity contribution in [3.8, 4) is 5.75 Å². The Hall–Kier alpha value is -0.520. The predicted molar refractivity (Wildman–Crippen MR) is 86.6 cm³/mol. The first kappa shape index (κ1) is 18.5.